The van der Waals surface area contributed by atoms with E-state index >= 15 is 0 Å². The lowest BCUT2D eigenvalue weighted by Crippen LogP contribution is -2.06. The highest BCUT2D eigenvalue weighted by molar-refractivity contribution is 5.72. The van der Waals surface area contributed by atoms with Crippen molar-refractivity contribution in [2.24, 2.45) is 0 Å². The van der Waals surface area contributed by atoms with Gasteiger partial charge in [-0.15, -0.1) is 0 Å². The summed E-state index contributed by atoms with van der Waals surface area (Å²) in [5.74, 6) is 2.29. The fraction of sp³-hybridized carbons (Fsp3) is 0.357. The molecule has 0 bridgehead atoms. The molecule has 6 nitrogen and oxygen atoms in total. The number of benzene rings is 1. The Morgan fingerprint density at radius 3 is 2.65 bits per heavy atom. The van der Waals surface area contributed by atoms with Crippen molar-refractivity contribution < 1.29 is 9.47 Å². The average molecular weight is 276 g/mol. The molecule has 1 aromatic heterocycles. The second-order valence-electron chi connectivity index (χ2n) is 4.36. The number of anilines is 2. The van der Waals surface area contributed by atoms with Crippen LogP contribution in [0.25, 0.3) is 0 Å². The molecule has 0 radical (unpaired) electrons. The van der Waals surface area contributed by atoms with Gasteiger partial charge in [0.1, 0.15) is 5.82 Å². The molecule has 0 aliphatic heterocycles. The number of nitrogen functional groups attached to an aromatic ring is 1. The lowest BCUT2D eigenvalue weighted by Gasteiger charge is -2.13. The highest BCUT2D eigenvalue weighted by Gasteiger charge is 2.08. The molecule has 0 spiro atoms. The zero-order valence-corrected chi connectivity index (χ0v) is 11.8. The van der Waals surface area contributed by atoms with Crippen molar-refractivity contribution in [3.8, 4) is 11.5 Å². The summed E-state index contributed by atoms with van der Waals surface area (Å²) in [5, 5.41) is 3.30. The fourth-order valence-electron chi connectivity index (χ4n) is 1.96. The first kappa shape index (κ1) is 14.0. The molecule has 0 unspecified atom stereocenters. The van der Waals surface area contributed by atoms with Crippen LogP contribution in [0, 0.1) is 0 Å². The van der Waals surface area contributed by atoms with Crippen molar-refractivity contribution in [2.75, 3.05) is 31.8 Å². The van der Waals surface area contributed by atoms with Gasteiger partial charge in [-0.25, -0.2) is 4.98 Å². The van der Waals surface area contributed by atoms with Crippen LogP contribution in [-0.2, 0) is 6.42 Å². The average Bonchev–Trinajstić information content (AvgIpc) is 2.97. The number of nitrogens with two attached hydrogens (primary N) is 1. The Bertz CT molecular complexity index is 540. The summed E-state index contributed by atoms with van der Waals surface area (Å²) in [5.41, 5.74) is 7.47. The molecule has 1 aromatic carbocycles. The largest absolute Gasteiger partial charge is 0.493 e. The second-order valence-corrected chi connectivity index (χ2v) is 4.36. The van der Waals surface area contributed by atoms with Gasteiger partial charge in [0.2, 0.25) is 0 Å². The number of rotatable bonds is 7. The lowest BCUT2D eigenvalue weighted by molar-refractivity contribution is 0.355. The van der Waals surface area contributed by atoms with Crippen LogP contribution in [0.2, 0.25) is 0 Å². The Hall–Kier alpha value is -2.37. The number of nitrogens with one attached hydrogen (secondary N) is 2. The normalized spacial score (nSPS) is 10.3. The van der Waals surface area contributed by atoms with E-state index in [0.717, 1.165) is 30.9 Å². The van der Waals surface area contributed by atoms with Gasteiger partial charge in [0.15, 0.2) is 11.5 Å². The summed E-state index contributed by atoms with van der Waals surface area (Å²) in [6.07, 6.45) is 5.44. The number of hydrogen-bond donors (Lipinski definition) is 3. The van der Waals surface area contributed by atoms with Gasteiger partial charge in [-0.3, -0.25) is 0 Å². The zero-order valence-electron chi connectivity index (χ0n) is 11.8. The van der Waals surface area contributed by atoms with E-state index in [1.807, 2.05) is 12.3 Å². The van der Waals surface area contributed by atoms with Crippen LogP contribution in [0.1, 0.15) is 12.2 Å². The van der Waals surface area contributed by atoms with E-state index in [-0.39, 0.29) is 0 Å². The van der Waals surface area contributed by atoms with E-state index in [4.69, 9.17) is 15.2 Å². The molecule has 0 fully saturated rings. The molecule has 6 heteroatoms. The Labute approximate surface area is 118 Å². The van der Waals surface area contributed by atoms with Crippen LogP contribution >= 0.6 is 0 Å². The maximum Gasteiger partial charge on any atom is 0.162 e. The minimum atomic E-state index is 0.631. The summed E-state index contributed by atoms with van der Waals surface area (Å²) >= 11 is 0. The van der Waals surface area contributed by atoms with Gasteiger partial charge in [0, 0.05) is 37.5 Å². The molecule has 0 saturated heterocycles. The van der Waals surface area contributed by atoms with E-state index in [0.29, 0.717) is 17.2 Å². The maximum absolute atomic E-state index is 5.98. The minimum absolute atomic E-state index is 0.631. The van der Waals surface area contributed by atoms with E-state index in [9.17, 15) is 0 Å². The Morgan fingerprint density at radius 2 is 2.00 bits per heavy atom. The van der Waals surface area contributed by atoms with Gasteiger partial charge in [-0.1, -0.05) is 0 Å². The SMILES string of the molecule is COc1cc(N)c(NCCCc2ncc[nH]2)cc1OC. The van der Waals surface area contributed by atoms with E-state index < -0.39 is 0 Å². The van der Waals surface area contributed by atoms with Gasteiger partial charge >= 0.3 is 0 Å². The van der Waals surface area contributed by atoms with Crippen LogP contribution in [-0.4, -0.2) is 30.7 Å². The van der Waals surface area contributed by atoms with E-state index in [2.05, 4.69) is 15.3 Å². The number of aryl methyl sites for hydroxylation is 1. The molecule has 2 aromatic rings. The van der Waals surface area contributed by atoms with Gasteiger partial charge in [-0.05, 0) is 6.42 Å². The molecular weight excluding hydrogens is 256 g/mol. The molecule has 2 rings (SSSR count). The number of hydrogen-bond acceptors (Lipinski definition) is 5. The van der Waals surface area contributed by atoms with Crippen LogP contribution < -0.4 is 20.5 Å². The van der Waals surface area contributed by atoms with E-state index in [1.54, 1.807) is 26.5 Å². The molecule has 20 heavy (non-hydrogen) atoms. The van der Waals surface area contributed by atoms with Crippen molar-refractivity contribution in [3.05, 3.63) is 30.4 Å². The molecule has 4 N–H and O–H groups in total. The predicted octanol–water partition coefficient (Wildman–Crippen LogP) is 2.05. The number of methoxy groups -OCH3 is 2. The molecule has 0 saturated carbocycles. The van der Waals surface area contributed by atoms with Gasteiger partial charge in [-0.2, -0.15) is 0 Å². The van der Waals surface area contributed by atoms with E-state index in [1.165, 1.54) is 0 Å². The summed E-state index contributed by atoms with van der Waals surface area (Å²) in [4.78, 5) is 7.26. The van der Waals surface area contributed by atoms with Crippen molar-refractivity contribution in [2.45, 2.75) is 12.8 Å². The van der Waals surface area contributed by atoms with Gasteiger partial charge < -0.3 is 25.5 Å². The molecule has 0 atom stereocenters. The smallest absolute Gasteiger partial charge is 0.162 e. The second kappa shape index (κ2) is 6.70. The van der Waals surface area contributed by atoms with Crippen molar-refractivity contribution in [1.29, 1.82) is 0 Å². The quantitative estimate of drug-likeness (QED) is 0.532. The maximum atomic E-state index is 5.98. The third-order valence-corrected chi connectivity index (χ3v) is 3.02. The van der Waals surface area contributed by atoms with Crippen molar-refractivity contribution in [3.63, 3.8) is 0 Å². The van der Waals surface area contributed by atoms with Crippen LogP contribution in [0.3, 0.4) is 0 Å². The molecule has 1 heterocycles. The minimum Gasteiger partial charge on any atom is -0.493 e. The fourth-order valence-corrected chi connectivity index (χ4v) is 1.96. The highest BCUT2D eigenvalue weighted by atomic mass is 16.5. The Balaban J connectivity index is 1.92. The molecule has 0 amide bonds. The zero-order chi connectivity index (χ0) is 14.4. The number of imidazole rings is 1. The number of nitrogens with zero attached hydrogens (tertiary/aromatic N) is 1. The predicted molar refractivity (Wildman–Crippen MR) is 79.4 cm³/mol. The summed E-state index contributed by atoms with van der Waals surface area (Å²) < 4.78 is 10.5. The summed E-state index contributed by atoms with van der Waals surface area (Å²) in [7, 11) is 3.20. The number of aromatic amines is 1. The monoisotopic (exact) mass is 276 g/mol. The Morgan fingerprint density at radius 1 is 1.25 bits per heavy atom. The van der Waals surface area contributed by atoms with Crippen LogP contribution in [0.15, 0.2) is 24.5 Å². The van der Waals surface area contributed by atoms with Crippen molar-refractivity contribution in [1.82, 2.24) is 9.97 Å². The number of aromatic nitrogens is 2. The first-order valence-electron chi connectivity index (χ1n) is 6.48. The number of H-pyrrole nitrogens is 1. The lowest BCUT2D eigenvalue weighted by atomic mass is 10.2. The third kappa shape index (κ3) is 3.34. The summed E-state index contributed by atoms with van der Waals surface area (Å²) in [6.45, 7) is 0.806. The van der Waals surface area contributed by atoms with Crippen LogP contribution in [0.5, 0.6) is 11.5 Å². The van der Waals surface area contributed by atoms with Gasteiger partial charge in [0.25, 0.3) is 0 Å². The third-order valence-electron chi connectivity index (χ3n) is 3.02. The standard InChI is InChI=1S/C14H20N4O2/c1-19-12-8-10(15)11(9-13(12)20-2)16-5-3-4-14-17-6-7-18-14/h6-9,16H,3-5,15H2,1-2H3,(H,17,18). The first-order chi connectivity index (χ1) is 9.74. The highest BCUT2D eigenvalue weighted by Crippen LogP contribution is 2.34. The molecule has 0 aliphatic carbocycles. The van der Waals surface area contributed by atoms with Crippen LogP contribution in [0.4, 0.5) is 11.4 Å². The summed E-state index contributed by atoms with van der Waals surface area (Å²) in [6, 6.07) is 3.61. The topological polar surface area (TPSA) is 85.2 Å². The molecular formula is C14H20N4O2. The van der Waals surface area contributed by atoms with Crippen molar-refractivity contribution >= 4 is 11.4 Å². The van der Waals surface area contributed by atoms with Gasteiger partial charge in [0.05, 0.1) is 25.6 Å². The molecule has 0 aliphatic rings. The molecule has 108 valence electrons. The number of ether oxygens (including phenoxy) is 2. The Kier molecular flexibility index (Phi) is 4.70. The first-order valence-corrected chi connectivity index (χ1v) is 6.48.